The number of phosphoric acid groups is 1. The lowest BCUT2D eigenvalue weighted by Crippen LogP contribution is -2.33. The van der Waals surface area contributed by atoms with Gasteiger partial charge in [0.1, 0.15) is 18.3 Å². The van der Waals surface area contributed by atoms with E-state index in [4.69, 9.17) is 14.5 Å². The Labute approximate surface area is 166 Å². The number of ether oxygens (including phenoxy) is 1. The number of aromatic nitrogens is 4. The fraction of sp³-hybridized carbons (Fsp3) is 0.538. The van der Waals surface area contributed by atoms with E-state index in [-0.39, 0.29) is 22.9 Å². The molecule has 0 spiro atoms. The maximum absolute atomic E-state index is 12.2. The molecule has 16 heteroatoms. The highest BCUT2D eigenvalue weighted by atomic mass is 32.2. The molecule has 4 atom stereocenters. The predicted octanol–water partition coefficient (Wildman–Crippen LogP) is -1.85. The van der Waals surface area contributed by atoms with E-state index in [1.165, 1.54) is 16.3 Å². The van der Waals surface area contributed by atoms with Gasteiger partial charge in [-0.05, 0) is 6.26 Å². The Morgan fingerprint density at radius 1 is 1.45 bits per heavy atom. The number of aliphatic hydroxyl groups is 2. The van der Waals surface area contributed by atoms with Crippen molar-refractivity contribution in [2.24, 2.45) is 0 Å². The summed E-state index contributed by atoms with van der Waals surface area (Å²) in [4.78, 5) is 51.9. The summed E-state index contributed by atoms with van der Waals surface area (Å²) in [7, 11) is -4.81. The Balaban J connectivity index is 1.89. The Hall–Kier alpha value is -1.84. The van der Waals surface area contributed by atoms with Crippen LogP contribution in [0, 0.1) is 0 Å². The molecule has 1 amide bonds. The monoisotopic (exact) mass is 451 g/mol. The third kappa shape index (κ3) is 4.84. The van der Waals surface area contributed by atoms with E-state index in [2.05, 4.69) is 24.8 Å². The summed E-state index contributed by atoms with van der Waals surface area (Å²) in [5.74, 6) is -0.398. The van der Waals surface area contributed by atoms with Crippen LogP contribution in [0.15, 0.2) is 11.1 Å². The van der Waals surface area contributed by atoms with Crippen LogP contribution in [0.1, 0.15) is 6.23 Å². The number of carbonyl (C=O) groups excluding carboxylic acids is 1. The minimum atomic E-state index is -4.81. The Kier molecular flexibility index (Phi) is 6.40. The van der Waals surface area contributed by atoms with Crippen molar-refractivity contribution in [3.63, 3.8) is 0 Å². The van der Waals surface area contributed by atoms with Crippen molar-refractivity contribution in [2.75, 3.05) is 23.9 Å². The first-order valence-electron chi connectivity index (χ1n) is 8.08. The molecule has 0 aromatic carbocycles. The molecule has 0 bridgehead atoms. The number of rotatable bonds is 7. The van der Waals surface area contributed by atoms with Crippen molar-refractivity contribution in [1.82, 2.24) is 19.5 Å². The van der Waals surface area contributed by atoms with Crippen LogP contribution >= 0.6 is 19.6 Å². The Morgan fingerprint density at radius 3 is 2.83 bits per heavy atom. The Bertz CT molecular complexity index is 1010. The van der Waals surface area contributed by atoms with Crippen molar-refractivity contribution in [3.05, 3.63) is 16.7 Å². The fourth-order valence-corrected chi connectivity index (χ4v) is 3.41. The largest absolute Gasteiger partial charge is 0.469 e. The zero-order valence-electron chi connectivity index (χ0n) is 14.8. The number of phosphoric ester groups is 1. The molecule has 6 N–H and O–H groups in total. The third-order valence-electron chi connectivity index (χ3n) is 3.98. The van der Waals surface area contributed by atoms with Gasteiger partial charge in [0.15, 0.2) is 17.4 Å². The summed E-state index contributed by atoms with van der Waals surface area (Å²) in [6.45, 7) is -0.685. The van der Waals surface area contributed by atoms with E-state index in [0.29, 0.717) is 0 Å². The average Bonchev–Trinajstić information content (AvgIpc) is 3.15. The minimum absolute atomic E-state index is 0.0407. The second-order valence-electron chi connectivity index (χ2n) is 6.05. The first kappa shape index (κ1) is 21.9. The molecule has 0 saturated carbocycles. The summed E-state index contributed by atoms with van der Waals surface area (Å²) >= 11 is 1.27. The van der Waals surface area contributed by atoms with Gasteiger partial charge in [0.2, 0.25) is 11.9 Å². The van der Waals surface area contributed by atoms with E-state index in [9.17, 15) is 24.4 Å². The summed E-state index contributed by atoms with van der Waals surface area (Å²) in [5.41, 5.74) is -0.795. The molecule has 3 heterocycles. The third-order valence-corrected chi connectivity index (χ3v) is 5.02. The lowest BCUT2D eigenvalue weighted by atomic mass is 10.1. The van der Waals surface area contributed by atoms with Crippen molar-refractivity contribution in [3.8, 4) is 0 Å². The van der Waals surface area contributed by atoms with Gasteiger partial charge in [0.05, 0.1) is 18.7 Å². The van der Waals surface area contributed by atoms with E-state index in [0.717, 1.165) is 6.33 Å². The van der Waals surface area contributed by atoms with E-state index in [1.54, 1.807) is 6.26 Å². The predicted molar refractivity (Wildman–Crippen MR) is 99.1 cm³/mol. The van der Waals surface area contributed by atoms with E-state index in [1.807, 2.05) is 0 Å². The maximum Gasteiger partial charge on any atom is 0.469 e. The van der Waals surface area contributed by atoms with E-state index < -0.39 is 50.4 Å². The number of H-pyrrole nitrogens is 1. The van der Waals surface area contributed by atoms with Gasteiger partial charge in [0, 0.05) is 0 Å². The summed E-state index contributed by atoms with van der Waals surface area (Å²) in [6, 6.07) is 0. The second kappa shape index (κ2) is 8.49. The highest BCUT2D eigenvalue weighted by Gasteiger charge is 2.45. The summed E-state index contributed by atoms with van der Waals surface area (Å²) < 4.78 is 21.8. The van der Waals surface area contributed by atoms with Gasteiger partial charge in [-0.25, -0.2) is 9.55 Å². The maximum atomic E-state index is 12.2. The molecule has 29 heavy (non-hydrogen) atoms. The number of thioether (sulfide) groups is 1. The van der Waals surface area contributed by atoms with Crippen LogP contribution in [0.2, 0.25) is 0 Å². The van der Waals surface area contributed by atoms with Crippen molar-refractivity contribution in [1.29, 1.82) is 0 Å². The number of aromatic amines is 1. The van der Waals surface area contributed by atoms with Gasteiger partial charge in [-0.1, -0.05) is 0 Å². The standard InChI is InChI=1S/C13H18N5O9PS/c1-29-3-6(19)15-13-16-10-7(11(22)17-13)14-4-18(10)12-9(21)8(20)5(27-12)2-26-28(23,24)25/h4-5,8-9,12,20-21H,2-3H2,1H3,(H2,23,24,25)(H2,15,16,17,19,22)/t5-,8-,9-,12-/m1/s1. The molecule has 0 aliphatic carbocycles. The molecule has 160 valence electrons. The van der Waals surface area contributed by atoms with Crippen LogP contribution in [-0.4, -0.2) is 82.4 Å². The summed E-state index contributed by atoms with van der Waals surface area (Å²) in [5, 5.41) is 22.8. The van der Waals surface area contributed by atoms with Crippen LogP contribution in [0.5, 0.6) is 0 Å². The van der Waals surface area contributed by atoms with Gasteiger partial charge in [-0.3, -0.25) is 29.0 Å². The average molecular weight is 451 g/mol. The number of nitrogens with one attached hydrogen (secondary N) is 2. The summed E-state index contributed by atoms with van der Waals surface area (Å²) in [6.07, 6.45) is -2.73. The molecule has 0 radical (unpaired) electrons. The first-order chi connectivity index (χ1) is 13.6. The van der Waals surface area contributed by atoms with Gasteiger partial charge in [0.25, 0.3) is 5.56 Å². The molecule has 2 aromatic heterocycles. The highest BCUT2D eigenvalue weighted by molar-refractivity contribution is 7.99. The van der Waals surface area contributed by atoms with Crippen LogP contribution in [0.25, 0.3) is 11.2 Å². The number of amides is 1. The second-order valence-corrected chi connectivity index (χ2v) is 8.16. The van der Waals surface area contributed by atoms with Crippen LogP contribution in [-0.2, 0) is 18.6 Å². The number of imidazole rings is 1. The van der Waals surface area contributed by atoms with Crippen LogP contribution in [0.4, 0.5) is 5.95 Å². The molecule has 1 saturated heterocycles. The molecule has 1 fully saturated rings. The van der Waals surface area contributed by atoms with Crippen molar-refractivity contribution in [2.45, 2.75) is 24.5 Å². The van der Waals surface area contributed by atoms with Crippen LogP contribution in [0.3, 0.4) is 0 Å². The number of fused-ring (bicyclic) bond motifs is 1. The minimum Gasteiger partial charge on any atom is -0.387 e. The first-order valence-corrected chi connectivity index (χ1v) is 11.0. The number of aliphatic hydroxyl groups excluding tert-OH is 2. The van der Waals surface area contributed by atoms with Gasteiger partial charge in [-0.2, -0.15) is 16.7 Å². The lowest BCUT2D eigenvalue weighted by molar-refractivity contribution is -0.113. The highest BCUT2D eigenvalue weighted by Crippen LogP contribution is 2.38. The van der Waals surface area contributed by atoms with Crippen LogP contribution < -0.4 is 10.9 Å². The molecule has 14 nitrogen and oxygen atoms in total. The molecule has 0 unspecified atom stereocenters. The molecular weight excluding hydrogens is 433 g/mol. The van der Waals surface area contributed by atoms with Crippen molar-refractivity contribution < 1.29 is 38.6 Å². The van der Waals surface area contributed by atoms with Gasteiger partial charge in [-0.15, -0.1) is 0 Å². The lowest BCUT2D eigenvalue weighted by Gasteiger charge is -2.16. The van der Waals surface area contributed by atoms with Crippen molar-refractivity contribution >= 4 is 42.6 Å². The smallest absolute Gasteiger partial charge is 0.387 e. The van der Waals surface area contributed by atoms with E-state index >= 15 is 0 Å². The number of hydrogen-bond acceptors (Lipinski definition) is 10. The number of anilines is 1. The molecule has 3 rings (SSSR count). The molecular formula is C13H18N5O9PS. The molecule has 1 aliphatic heterocycles. The SMILES string of the molecule is CSCC(=O)Nc1nc2c(ncn2[C@@H]2O[C@H](COP(=O)(O)O)[C@@H](O)[C@H]2O)c(=O)[nH]1. The molecule has 1 aliphatic rings. The zero-order chi connectivity index (χ0) is 21.3. The molecule has 2 aromatic rings. The van der Waals surface area contributed by atoms with Gasteiger partial charge >= 0.3 is 7.82 Å². The number of carbonyl (C=O) groups is 1. The quantitative estimate of drug-likeness (QED) is 0.256. The van der Waals surface area contributed by atoms with Gasteiger partial charge < -0.3 is 24.7 Å². The normalized spacial score (nSPS) is 24.9. The number of hydrogen-bond donors (Lipinski definition) is 6. The fourth-order valence-electron chi connectivity index (χ4n) is 2.74. The topological polar surface area (TPSA) is 209 Å². The zero-order valence-corrected chi connectivity index (χ0v) is 16.5. The number of nitrogens with zero attached hydrogens (tertiary/aromatic N) is 3. The Morgan fingerprint density at radius 2 is 2.17 bits per heavy atom.